The van der Waals surface area contributed by atoms with Crippen LogP contribution in [-0.2, 0) is 17.9 Å². The van der Waals surface area contributed by atoms with E-state index >= 15 is 0 Å². The molecule has 1 fully saturated rings. The van der Waals surface area contributed by atoms with Gasteiger partial charge in [-0.15, -0.1) is 0 Å². The van der Waals surface area contributed by atoms with Crippen molar-refractivity contribution in [1.82, 2.24) is 19.4 Å². The van der Waals surface area contributed by atoms with Crippen molar-refractivity contribution in [3.8, 4) is 23.1 Å². The van der Waals surface area contributed by atoms with Crippen molar-refractivity contribution in [2.24, 2.45) is 0 Å². The zero-order valence-electron chi connectivity index (χ0n) is 24.6. The largest absolute Gasteiger partial charge is 0.454 e. The first-order valence-electron chi connectivity index (χ1n) is 14.8. The first kappa shape index (κ1) is 29.9. The Hall–Kier alpha value is -4.77. The first-order chi connectivity index (χ1) is 22.4. The van der Waals surface area contributed by atoms with E-state index in [1.807, 2.05) is 52.1 Å². The molecule has 1 saturated heterocycles. The standard InChI is InChI=1S/C34H29Cl2N5O5/c35-26-7-5-23(17-27(26)36)34(43)38-24-6-9-32(37-18-24)46-29-3-1-2-28-25(29)10-11-41(28)20-33(42)40-14-12-39(13-15-40)19-22-4-8-30-31(16-22)45-21-44-30/h1-11,16-18H,12-15,19-21H2,(H,38,43). The van der Waals surface area contributed by atoms with Crippen LogP contribution in [0.1, 0.15) is 15.9 Å². The van der Waals surface area contributed by atoms with Crippen LogP contribution in [0.2, 0.25) is 10.0 Å². The maximum absolute atomic E-state index is 13.3. The molecule has 0 saturated carbocycles. The van der Waals surface area contributed by atoms with E-state index in [1.165, 1.54) is 17.8 Å². The minimum absolute atomic E-state index is 0.0757. The van der Waals surface area contributed by atoms with Gasteiger partial charge in [0.15, 0.2) is 11.5 Å². The molecule has 234 valence electrons. The summed E-state index contributed by atoms with van der Waals surface area (Å²) in [6.07, 6.45) is 3.42. The predicted molar refractivity (Wildman–Crippen MR) is 175 cm³/mol. The Labute approximate surface area is 275 Å². The van der Waals surface area contributed by atoms with E-state index in [0.29, 0.717) is 46.0 Å². The lowest BCUT2D eigenvalue weighted by Crippen LogP contribution is -2.49. The topological polar surface area (TPSA) is 98.2 Å². The summed E-state index contributed by atoms with van der Waals surface area (Å²) >= 11 is 12.0. The monoisotopic (exact) mass is 657 g/mol. The Morgan fingerprint density at radius 3 is 2.54 bits per heavy atom. The third kappa shape index (κ3) is 6.46. The van der Waals surface area contributed by atoms with E-state index < -0.39 is 0 Å². The van der Waals surface area contributed by atoms with Gasteiger partial charge in [0.25, 0.3) is 5.91 Å². The highest BCUT2D eigenvalue weighted by molar-refractivity contribution is 6.42. The number of rotatable bonds is 8. The Kier molecular flexibility index (Phi) is 8.40. The highest BCUT2D eigenvalue weighted by Gasteiger charge is 2.23. The number of piperazine rings is 1. The zero-order chi connectivity index (χ0) is 31.6. The van der Waals surface area contributed by atoms with Gasteiger partial charge in [-0.05, 0) is 60.2 Å². The fourth-order valence-electron chi connectivity index (χ4n) is 5.59. The molecule has 2 aliphatic heterocycles. The minimum atomic E-state index is -0.335. The molecule has 2 aromatic heterocycles. The summed E-state index contributed by atoms with van der Waals surface area (Å²) in [6.45, 7) is 4.25. The number of nitrogens with one attached hydrogen (secondary N) is 1. The molecule has 0 unspecified atom stereocenters. The number of carbonyl (C=O) groups is 2. The van der Waals surface area contributed by atoms with E-state index in [-0.39, 0.29) is 25.2 Å². The number of aromatic nitrogens is 2. The number of benzene rings is 3. The lowest BCUT2D eigenvalue weighted by Gasteiger charge is -2.35. The molecule has 4 heterocycles. The maximum Gasteiger partial charge on any atom is 0.255 e. The number of ether oxygens (including phenoxy) is 3. The lowest BCUT2D eigenvalue weighted by molar-refractivity contribution is -0.133. The predicted octanol–water partition coefficient (Wildman–Crippen LogP) is 6.46. The van der Waals surface area contributed by atoms with Crippen molar-refractivity contribution in [1.29, 1.82) is 0 Å². The molecule has 0 radical (unpaired) electrons. The van der Waals surface area contributed by atoms with Gasteiger partial charge in [0, 0.05) is 55.9 Å². The molecule has 1 N–H and O–H groups in total. The summed E-state index contributed by atoms with van der Waals surface area (Å²) in [5.41, 5.74) is 2.93. The summed E-state index contributed by atoms with van der Waals surface area (Å²) in [7, 11) is 0. The Morgan fingerprint density at radius 2 is 1.74 bits per heavy atom. The number of pyridine rings is 1. The molecule has 2 aliphatic rings. The molecular weight excluding hydrogens is 629 g/mol. The van der Waals surface area contributed by atoms with E-state index in [2.05, 4.69) is 21.3 Å². The van der Waals surface area contributed by atoms with Crippen LogP contribution in [0.25, 0.3) is 10.9 Å². The number of hydrogen-bond donors (Lipinski definition) is 1. The van der Waals surface area contributed by atoms with Crippen LogP contribution in [0.5, 0.6) is 23.1 Å². The van der Waals surface area contributed by atoms with Gasteiger partial charge in [-0.1, -0.05) is 35.3 Å². The molecule has 0 aliphatic carbocycles. The molecule has 0 bridgehead atoms. The van der Waals surface area contributed by atoms with E-state index in [9.17, 15) is 9.59 Å². The Bertz CT molecular complexity index is 1920. The number of nitrogens with zero attached hydrogens (tertiary/aromatic N) is 4. The number of anilines is 1. The summed E-state index contributed by atoms with van der Waals surface area (Å²) < 4.78 is 19.0. The molecule has 5 aromatic rings. The Balaban J connectivity index is 0.945. The number of hydrogen-bond acceptors (Lipinski definition) is 7. The maximum atomic E-state index is 13.3. The van der Waals surface area contributed by atoms with Crippen molar-refractivity contribution in [2.75, 3.05) is 38.3 Å². The van der Waals surface area contributed by atoms with Gasteiger partial charge < -0.3 is 29.0 Å². The van der Waals surface area contributed by atoms with Gasteiger partial charge in [-0.2, -0.15) is 0 Å². The highest BCUT2D eigenvalue weighted by Crippen LogP contribution is 2.33. The highest BCUT2D eigenvalue weighted by atomic mass is 35.5. The third-order valence-electron chi connectivity index (χ3n) is 8.04. The van der Waals surface area contributed by atoms with Crippen molar-refractivity contribution in [3.05, 3.63) is 106 Å². The van der Waals surface area contributed by atoms with Crippen LogP contribution in [-0.4, -0.2) is 64.1 Å². The number of halogens is 2. The SMILES string of the molecule is O=C(Nc1ccc(Oc2cccc3c2ccn3CC(=O)N2CCN(Cc3ccc4c(c3)OCO4)CC2)nc1)c1ccc(Cl)c(Cl)c1. The van der Waals surface area contributed by atoms with Crippen molar-refractivity contribution in [2.45, 2.75) is 13.1 Å². The van der Waals surface area contributed by atoms with Crippen LogP contribution in [0.3, 0.4) is 0 Å². The van der Waals surface area contributed by atoms with E-state index in [1.54, 1.807) is 24.3 Å². The van der Waals surface area contributed by atoms with Crippen LogP contribution in [0.15, 0.2) is 85.2 Å². The molecule has 10 nitrogen and oxygen atoms in total. The molecule has 0 spiro atoms. The summed E-state index contributed by atoms with van der Waals surface area (Å²) in [5, 5.41) is 4.33. The van der Waals surface area contributed by atoms with Crippen molar-refractivity contribution < 1.29 is 23.8 Å². The molecule has 12 heteroatoms. The Morgan fingerprint density at radius 1 is 0.891 bits per heavy atom. The van der Waals surface area contributed by atoms with Crippen LogP contribution >= 0.6 is 23.2 Å². The zero-order valence-corrected chi connectivity index (χ0v) is 26.1. The number of carbonyl (C=O) groups excluding carboxylic acids is 2. The lowest BCUT2D eigenvalue weighted by atomic mass is 10.1. The van der Waals surface area contributed by atoms with Gasteiger partial charge in [0.05, 0.1) is 27.4 Å². The average molecular weight is 659 g/mol. The summed E-state index contributed by atoms with van der Waals surface area (Å²) in [4.78, 5) is 34.5. The second-order valence-electron chi connectivity index (χ2n) is 11.0. The molecule has 2 amide bonds. The third-order valence-corrected chi connectivity index (χ3v) is 8.78. The van der Waals surface area contributed by atoms with E-state index in [0.717, 1.165) is 42.0 Å². The van der Waals surface area contributed by atoms with Crippen molar-refractivity contribution >= 4 is 51.6 Å². The molecule has 0 atom stereocenters. The van der Waals surface area contributed by atoms with Crippen LogP contribution in [0.4, 0.5) is 5.69 Å². The van der Waals surface area contributed by atoms with Gasteiger partial charge in [-0.25, -0.2) is 4.98 Å². The van der Waals surface area contributed by atoms with Gasteiger partial charge in [0.2, 0.25) is 18.6 Å². The fraction of sp³-hybridized carbons (Fsp3) is 0.206. The van der Waals surface area contributed by atoms with Gasteiger partial charge in [0.1, 0.15) is 12.3 Å². The van der Waals surface area contributed by atoms with Crippen LogP contribution < -0.4 is 19.5 Å². The second kappa shape index (κ2) is 12.9. The van der Waals surface area contributed by atoms with Crippen molar-refractivity contribution in [3.63, 3.8) is 0 Å². The second-order valence-corrected chi connectivity index (χ2v) is 11.9. The fourth-order valence-corrected chi connectivity index (χ4v) is 5.89. The number of amides is 2. The molecule has 46 heavy (non-hydrogen) atoms. The molecule has 7 rings (SSSR count). The number of fused-ring (bicyclic) bond motifs is 2. The average Bonchev–Trinajstić information content (AvgIpc) is 3.71. The summed E-state index contributed by atoms with van der Waals surface area (Å²) in [6, 6.07) is 21.7. The van der Waals surface area contributed by atoms with Crippen LogP contribution in [0, 0.1) is 0 Å². The summed E-state index contributed by atoms with van der Waals surface area (Å²) in [5.74, 6) is 2.29. The smallest absolute Gasteiger partial charge is 0.255 e. The quantitative estimate of drug-likeness (QED) is 0.204. The molecule has 3 aromatic carbocycles. The minimum Gasteiger partial charge on any atom is -0.454 e. The van der Waals surface area contributed by atoms with E-state index in [4.69, 9.17) is 37.4 Å². The van der Waals surface area contributed by atoms with Gasteiger partial charge >= 0.3 is 0 Å². The first-order valence-corrected chi connectivity index (χ1v) is 15.5. The molecular formula is C34H29Cl2N5O5. The normalized spacial score (nSPS) is 14.4. The van der Waals surface area contributed by atoms with Gasteiger partial charge in [-0.3, -0.25) is 14.5 Å².